The minimum absolute atomic E-state index is 0.0332. The first-order chi connectivity index (χ1) is 14.1. The van der Waals surface area contributed by atoms with Gasteiger partial charge in [-0.2, -0.15) is 0 Å². The summed E-state index contributed by atoms with van der Waals surface area (Å²) in [4.78, 5) is 12.5. The summed E-state index contributed by atoms with van der Waals surface area (Å²) in [5, 5.41) is 14.3. The zero-order valence-corrected chi connectivity index (χ0v) is 17.2. The van der Waals surface area contributed by atoms with Crippen molar-refractivity contribution in [2.24, 2.45) is 0 Å². The molecule has 4 aromatic rings. The quantitative estimate of drug-likeness (QED) is 0.475. The number of rotatable bonds is 6. The molecule has 1 N–H and O–H groups in total. The number of amides is 1. The number of aryl methyl sites for hydroxylation is 1. The van der Waals surface area contributed by atoms with Crippen LogP contribution in [0.25, 0.3) is 16.5 Å². The largest absolute Gasteiger partial charge is 0.349 e. The molecule has 0 aliphatic rings. The van der Waals surface area contributed by atoms with Crippen molar-refractivity contribution in [3.63, 3.8) is 0 Å². The molecule has 146 valence electrons. The van der Waals surface area contributed by atoms with E-state index in [0.717, 1.165) is 11.3 Å². The first kappa shape index (κ1) is 19.2. The van der Waals surface area contributed by atoms with E-state index in [1.165, 1.54) is 28.1 Å². The number of carbonyl (C=O) groups excluding carboxylic acids is 1. The van der Waals surface area contributed by atoms with Crippen molar-refractivity contribution in [1.82, 2.24) is 20.1 Å². The van der Waals surface area contributed by atoms with Crippen LogP contribution in [-0.2, 0) is 4.79 Å². The molecule has 5 nitrogen and oxygen atoms in total. The van der Waals surface area contributed by atoms with Crippen LogP contribution in [0.4, 0.5) is 0 Å². The van der Waals surface area contributed by atoms with Gasteiger partial charge in [0.05, 0.1) is 11.8 Å². The van der Waals surface area contributed by atoms with E-state index in [4.69, 9.17) is 0 Å². The number of benzene rings is 3. The van der Waals surface area contributed by atoms with E-state index >= 15 is 0 Å². The second-order valence-electron chi connectivity index (χ2n) is 7.00. The Morgan fingerprint density at radius 1 is 1.07 bits per heavy atom. The lowest BCUT2D eigenvalue weighted by molar-refractivity contribution is -0.119. The molecule has 0 saturated carbocycles. The van der Waals surface area contributed by atoms with Gasteiger partial charge in [0, 0.05) is 5.69 Å². The van der Waals surface area contributed by atoms with E-state index in [2.05, 4.69) is 45.8 Å². The average molecular weight is 403 g/mol. The van der Waals surface area contributed by atoms with E-state index in [1.54, 1.807) is 6.33 Å². The van der Waals surface area contributed by atoms with Crippen molar-refractivity contribution >= 4 is 28.4 Å². The van der Waals surface area contributed by atoms with Crippen molar-refractivity contribution in [2.45, 2.75) is 25.0 Å². The number of carbonyl (C=O) groups is 1. The van der Waals surface area contributed by atoms with Gasteiger partial charge in [0.25, 0.3) is 0 Å². The molecular weight excluding hydrogens is 380 g/mol. The molecule has 29 heavy (non-hydrogen) atoms. The predicted octanol–water partition coefficient (Wildman–Crippen LogP) is 4.70. The second-order valence-corrected chi connectivity index (χ2v) is 7.95. The van der Waals surface area contributed by atoms with Crippen LogP contribution in [0.2, 0.25) is 0 Å². The van der Waals surface area contributed by atoms with Crippen LogP contribution in [-0.4, -0.2) is 26.4 Å². The van der Waals surface area contributed by atoms with Gasteiger partial charge in [0.2, 0.25) is 5.91 Å². The van der Waals surface area contributed by atoms with Crippen molar-refractivity contribution < 1.29 is 4.79 Å². The summed E-state index contributed by atoms with van der Waals surface area (Å²) in [6.45, 7) is 4.05. The van der Waals surface area contributed by atoms with E-state index in [-0.39, 0.29) is 17.7 Å². The van der Waals surface area contributed by atoms with Gasteiger partial charge in [-0.25, -0.2) is 0 Å². The number of nitrogens with one attached hydrogen (secondary N) is 1. The lowest BCUT2D eigenvalue weighted by Crippen LogP contribution is -2.28. The van der Waals surface area contributed by atoms with Crippen LogP contribution >= 0.6 is 11.8 Å². The van der Waals surface area contributed by atoms with Gasteiger partial charge in [-0.15, -0.1) is 10.2 Å². The Labute approximate surface area is 174 Å². The Hall–Kier alpha value is -3.12. The Morgan fingerprint density at radius 2 is 1.83 bits per heavy atom. The molecule has 1 atom stereocenters. The summed E-state index contributed by atoms with van der Waals surface area (Å²) in [6, 6.07) is 22.6. The molecule has 0 aliphatic heterocycles. The van der Waals surface area contributed by atoms with Gasteiger partial charge in [0.1, 0.15) is 6.33 Å². The molecule has 0 saturated heterocycles. The Balaban J connectivity index is 1.39. The normalized spacial score (nSPS) is 12.1. The third-order valence-corrected chi connectivity index (χ3v) is 5.76. The Morgan fingerprint density at radius 3 is 2.62 bits per heavy atom. The lowest BCUT2D eigenvalue weighted by Gasteiger charge is -2.15. The summed E-state index contributed by atoms with van der Waals surface area (Å²) in [5.41, 5.74) is 3.26. The van der Waals surface area contributed by atoms with Crippen molar-refractivity contribution in [3.8, 4) is 5.69 Å². The number of thioether (sulfide) groups is 1. The van der Waals surface area contributed by atoms with Crippen LogP contribution < -0.4 is 5.32 Å². The van der Waals surface area contributed by atoms with Crippen LogP contribution in [0, 0.1) is 6.92 Å². The number of aromatic nitrogens is 3. The van der Waals surface area contributed by atoms with Gasteiger partial charge < -0.3 is 5.32 Å². The van der Waals surface area contributed by atoms with Crippen LogP contribution in [0.3, 0.4) is 0 Å². The minimum Gasteiger partial charge on any atom is -0.349 e. The first-order valence-corrected chi connectivity index (χ1v) is 10.5. The number of fused-ring (bicyclic) bond motifs is 1. The monoisotopic (exact) mass is 402 g/mol. The maximum atomic E-state index is 12.5. The van der Waals surface area contributed by atoms with Gasteiger partial charge in [-0.3, -0.25) is 9.36 Å². The highest BCUT2D eigenvalue weighted by Crippen LogP contribution is 2.22. The molecule has 6 heteroatoms. The summed E-state index contributed by atoms with van der Waals surface area (Å²) >= 11 is 1.38. The molecule has 0 spiro atoms. The van der Waals surface area contributed by atoms with Crippen molar-refractivity contribution in [3.05, 3.63) is 84.2 Å². The number of nitrogens with zero attached hydrogens (tertiary/aromatic N) is 3. The fourth-order valence-electron chi connectivity index (χ4n) is 3.18. The molecule has 1 aromatic heterocycles. The van der Waals surface area contributed by atoms with E-state index in [9.17, 15) is 4.79 Å². The fourth-order valence-corrected chi connectivity index (χ4v) is 3.92. The highest BCUT2D eigenvalue weighted by atomic mass is 32.2. The lowest BCUT2D eigenvalue weighted by atomic mass is 10.0. The summed E-state index contributed by atoms with van der Waals surface area (Å²) < 4.78 is 1.89. The molecule has 3 aromatic carbocycles. The van der Waals surface area contributed by atoms with Gasteiger partial charge in [-0.05, 0) is 48.4 Å². The molecule has 0 bridgehead atoms. The third-order valence-electron chi connectivity index (χ3n) is 4.81. The molecule has 0 radical (unpaired) electrons. The zero-order chi connectivity index (χ0) is 20.2. The predicted molar refractivity (Wildman–Crippen MR) is 117 cm³/mol. The van der Waals surface area contributed by atoms with E-state index < -0.39 is 0 Å². The van der Waals surface area contributed by atoms with Gasteiger partial charge in [-0.1, -0.05) is 65.9 Å². The average Bonchev–Trinajstić information content (AvgIpc) is 3.21. The number of hydrogen-bond acceptors (Lipinski definition) is 4. The van der Waals surface area contributed by atoms with Crippen molar-refractivity contribution in [1.29, 1.82) is 0 Å². The molecule has 1 unspecified atom stereocenters. The Kier molecular flexibility index (Phi) is 5.62. The smallest absolute Gasteiger partial charge is 0.230 e. The van der Waals surface area contributed by atoms with Gasteiger partial charge in [0.15, 0.2) is 5.16 Å². The maximum Gasteiger partial charge on any atom is 0.230 e. The molecule has 4 rings (SSSR count). The highest BCUT2D eigenvalue weighted by molar-refractivity contribution is 7.99. The van der Waals surface area contributed by atoms with Crippen LogP contribution in [0.5, 0.6) is 0 Å². The Bertz CT molecular complexity index is 1140. The SMILES string of the molecule is Cc1ccc(-n2cnnc2SCC(=O)NC(C)c2ccc3ccccc3c2)cc1. The van der Waals surface area contributed by atoms with E-state index in [1.807, 2.05) is 54.8 Å². The summed E-state index contributed by atoms with van der Waals surface area (Å²) in [5.74, 6) is 0.247. The van der Waals surface area contributed by atoms with Crippen molar-refractivity contribution in [2.75, 3.05) is 5.75 Å². The minimum atomic E-state index is -0.0670. The van der Waals surface area contributed by atoms with E-state index in [0.29, 0.717) is 5.16 Å². The summed E-state index contributed by atoms with van der Waals surface area (Å²) in [7, 11) is 0. The highest BCUT2D eigenvalue weighted by Gasteiger charge is 2.13. The first-order valence-electron chi connectivity index (χ1n) is 9.48. The standard InChI is InChI=1S/C23H22N4OS/c1-16-7-11-21(12-8-16)27-15-24-26-23(27)29-14-22(28)25-17(2)19-10-9-18-5-3-4-6-20(18)13-19/h3-13,15,17H,14H2,1-2H3,(H,25,28). The molecule has 1 heterocycles. The third kappa shape index (κ3) is 4.49. The zero-order valence-electron chi connectivity index (χ0n) is 16.4. The van der Waals surface area contributed by atoms with Crippen LogP contribution in [0.15, 0.2) is 78.2 Å². The molecule has 1 amide bonds. The van der Waals surface area contributed by atoms with Crippen LogP contribution in [0.1, 0.15) is 24.1 Å². The van der Waals surface area contributed by atoms with Gasteiger partial charge >= 0.3 is 0 Å². The fraction of sp³-hybridized carbons (Fsp3) is 0.174. The number of hydrogen-bond donors (Lipinski definition) is 1. The molecule has 0 aliphatic carbocycles. The second kappa shape index (κ2) is 8.49. The summed E-state index contributed by atoms with van der Waals surface area (Å²) in [6.07, 6.45) is 1.67. The maximum absolute atomic E-state index is 12.5. The molecular formula is C23H22N4OS. The topological polar surface area (TPSA) is 59.8 Å². The molecule has 0 fully saturated rings.